The molecule has 4 aromatic carbocycles. The molecule has 10 nitrogen and oxygen atoms in total. The number of hydrogen-bond acceptors (Lipinski definition) is 6. The average Bonchev–Trinajstić information content (AvgIpc) is 3.70. The number of ether oxygens (including phenoxy) is 3. The van der Waals surface area contributed by atoms with Crippen LogP contribution in [0.5, 0.6) is 17.2 Å². The van der Waals surface area contributed by atoms with Gasteiger partial charge in [0.05, 0.1) is 59.6 Å². The van der Waals surface area contributed by atoms with Crippen molar-refractivity contribution in [3.05, 3.63) is 124 Å². The normalized spacial score (nSPS) is 13.9. The second kappa shape index (κ2) is 32.6. The van der Waals surface area contributed by atoms with E-state index in [0.717, 1.165) is 86.4 Å². The molecule has 3 N–H and O–H groups in total. The Kier molecular flexibility index (Phi) is 27.6. The minimum atomic E-state index is -4.41. The van der Waals surface area contributed by atoms with Gasteiger partial charge in [0.25, 0.3) is 17.7 Å². The lowest BCUT2D eigenvalue weighted by Crippen LogP contribution is -2.41. The minimum Gasteiger partial charge on any atom is -0.494 e. The Morgan fingerprint density at radius 2 is 1.03 bits per heavy atom. The van der Waals surface area contributed by atoms with Crippen LogP contribution in [0.15, 0.2) is 91.0 Å². The number of likely N-dealkylation sites (N-methyl/N-ethyl adjacent to an activating group) is 1. The number of benzene rings is 4. The van der Waals surface area contributed by atoms with Crippen LogP contribution < -0.4 is 30.2 Å². The molecule has 1 aliphatic carbocycles. The summed E-state index contributed by atoms with van der Waals surface area (Å²) in [6.07, 6.45) is 13.0. The zero-order valence-electron chi connectivity index (χ0n) is 45.6. The third-order valence-electron chi connectivity index (χ3n) is 12.4. The molecule has 0 aromatic heterocycles. The number of quaternary nitrogens is 1. The SMILES string of the molecule is CCCCCCOc1ccc(C(=O)NC2CCC(C)(C)C2)cc1.CCCCCCOc1ccc(C(=O)NCC[N+](C)(C)C)cc1.CCCCCCOc1ccc(C(=O)NCc2cc(C)cc(C(F)(F)F)c2)cc1. The van der Waals surface area contributed by atoms with E-state index in [0.29, 0.717) is 58.2 Å². The monoisotopic (exact) mass is 1020 g/mol. The molecule has 1 unspecified atom stereocenters. The number of nitrogens with zero attached hydrogens (tertiary/aromatic N) is 1. The van der Waals surface area contributed by atoms with Crippen molar-refractivity contribution in [1.82, 2.24) is 16.0 Å². The van der Waals surface area contributed by atoms with E-state index in [4.69, 9.17) is 14.2 Å². The van der Waals surface area contributed by atoms with Gasteiger partial charge in [0.2, 0.25) is 0 Å². The second-order valence-corrected chi connectivity index (χ2v) is 21.0. The van der Waals surface area contributed by atoms with Crippen molar-refractivity contribution < 1.29 is 46.2 Å². The lowest BCUT2D eigenvalue weighted by molar-refractivity contribution is -0.869. The molecule has 404 valence electrons. The van der Waals surface area contributed by atoms with Gasteiger partial charge in [-0.05, 0) is 141 Å². The third-order valence-corrected chi connectivity index (χ3v) is 12.4. The first-order valence-corrected chi connectivity index (χ1v) is 26.8. The van der Waals surface area contributed by atoms with E-state index >= 15 is 0 Å². The maximum atomic E-state index is 12.9. The maximum Gasteiger partial charge on any atom is 0.416 e. The number of hydrogen-bond donors (Lipinski definition) is 3. The molecule has 3 amide bonds. The average molecular weight is 1020 g/mol. The molecule has 1 saturated carbocycles. The van der Waals surface area contributed by atoms with Crippen LogP contribution >= 0.6 is 0 Å². The maximum absolute atomic E-state index is 12.9. The largest absolute Gasteiger partial charge is 0.494 e. The zero-order chi connectivity index (χ0) is 53.7. The Morgan fingerprint density at radius 3 is 1.41 bits per heavy atom. The number of alkyl halides is 3. The summed E-state index contributed by atoms with van der Waals surface area (Å²) < 4.78 is 56.6. The van der Waals surface area contributed by atoms with Gasteiger partial charge in [0, 0.05) is 29.3 Å². The van der Waals surface area contributed by atoms with Gasteiger partial charge in [0.15, 0.2) is 0 Å². The van der Waals surface area contributed by atoms with Crippen molar-refractivity contribution in [2.24, 2.45) is 5.41 Å². The summed E-state index contributed by atoms with van der Waals surface area (Å²) >= 11 is 0. The summed E-state index contributed by atoms with van der Waals surface area (Å²) in [6.45, 7) is 16.4. The van der Waals surface area contributed by atoms with Crippen molar-refractivity contribution in [2.75, 3.05) is 54.1 Å². The fourth-order valence-corrected chi connectivity index (χ4v) is 8.11. The van der Waals surface area contributed by atoms with Crippen molar-refractivity contribution in [2.45, 2.75) is 157 Å². The van der Waals surface area contributed by atoms with Crippen LogP contribution in [0.2, 0.25) is 0 Å². The van der Waals surface area contributed by atoms with Gasteiger partial charge in [-0.2, -0.15) is 13.2 Å². The number of carbonyl (C=O) groups excluding carboxylic acids is 3. The third kappa shape index (κ3) is 26.3. The minimum absolute atomic E-state index is 0.0251. The predicted octanol–water partition coefficient (Wildman–Crippen LogP) is 13.9. The van der Waals surface area contributed by atoms with Gasteiger partial charge in [-0.15, -0.1) is 0 Å². The number of halogens is 3. The molecule has 1 aliphatic rings. The van der Waals surface area contributed by atoms with Gasteiger partial charge in [-0.1, -0.05) is 104 Å². The number of unbranched alkanes of at least 4 members (excludes halogenated alkanes) is 9. The summed E-state index contributed by atoms with van der Waals surface area (Å²) in [4.78, 5) is 36.6. The molecule has 0 spiro atoms. The summed E-state index contributed by atoms with van der Waals surface area (Å²) in [7, 11) is 6.33. The Hall–Kier alpha value is -5.56. The van der Waals surface area contributed by atoms with Gasteiger partial charge in [-0.25, -0.2) is 0 Å². The number of aryl methyl sites for hydroxylation is 1. The standard InChI is InChI=1S/C22H26F3NO2.C20H31NO2.C18H30N2O2/c1-3-4-5-6-11-28-20-9-7-18(8-10-20)21(27)26-15-17-12-16(2)13-19(14-17)22(23,24)25;1-4-5-6-7-14-23-18-10-8-16(9-11-18)19(22)21-17-12-13-20(2,3)15-17;1-5-6-7-8-15-22-17-11-9-16(10-12-17)18(21)19-13-14-20(2,3)4/h7-10,12-14H,3-6,11,15H2,1-2H3,(H,26,27);8-11,17H,4-7,12-15H2,1-3H3,(H,21,22);9-12H,5-8,13-15H2,1-4H3/p+1. The Morgan fingerprint density at radius 1 is 0.603 bits per heavy atom. The van der Waals surface area contributed by atoms with Gasteiger partial charge in [-0.3, -0.25) is 14.4 Å². The molecule has 0 saturated heterocycles. The van der Waals surface area contributed by atoms with Crippen molar-refractivity contribution in [3.8, 4) is 17.2 Å². The number of rotatable bonds is 27. The predicted molar refractivity (Wildman–Crippen MR) is 290 cm³/mol. The summed E-state index contributed by atoms with van der Waals surface area (Å²) in [6, 6.07) is 25.7. The Labute approximate surface area is 436 Å². The van der Waals surface area contributed by atoms with Crippen LogP contribution in [0.1, 0.15) is 179 Å². The van der Waals surface area contributed by atoms with Crippen LogP contribution in [-0.2, 0) is 12.7 Å². The first-order valence-electron chi connectivity index (χ1n) is 26.8. The van der Waals surface area contributed by atoms with E-state index in [1.807, 2.05) is 48.5 Å². The molecule has 0 radical (unpaired) electrons. The molecular formula is C60H88F3N4O6+. The van der Waals surface area contributed by atoms with E-state index in [1.165, 1.54) is 57.8 Å². The first kappa shape index (κ1) is 61.7. The lowest BCUT2D eigenvalue weighted by atomic mass is 9.92. The molecular weight excluding hydrogens is 930 g/mol. The molecule has 0 bridgehead atoms. The smallest absolute Gasteiger partial charge is 0.416 e. The topological polar surface area (TPSA) is 115 Å². The van der Waals surface area contributed by atoms with Crippen LogP contribution in [0.3, 0.4) is 0 Å². The Bertz CT molecular complexity index is 2190. The molecule has 13 heteroatoms. The van der Waals surface area contributed by atoms with Crippen LogP contribution in [0.25, 0.3) is 0 Å². The summed E-state index contributed by atoms with van der Waals surface area (Å²) in [5.41, 5.74) is 2.38. The van der Waals surface area contributed by atoms with Gasteiger partial charge in [0.1, 0.15) is 17.2 Å². The van der Waals surface area contributed by atoms with E-state index in [2.05, 4.69) is 71.7 Å². The lowest BCUT2D eigenvalue weighted by Gasteiger charge is -2.23. The first-order chi connectivity index (χ1) is 34.7. The summed E-state index contributed by atoms with van der Waals surface area (Å²) in [5.74, 6) is 2.04. The van der Waals surface area contributed by atoms with E-state index in [-0.39, 0.29) is 24.3 Å². The molecule has 5 rings (SSSR count). The number of nitrogens with one attached hydrogen (secondary N) is 3. The van der Waals surface area contributed by atoms with Gasteiger partial charge >= 0.3 is 6.18 Å². The fraction of sp³-hybridized carbons (Fsp3) is 0.550. The summed E-state index contributed by atoms with van der Waals surface area (Å²) in [5, 5.41) is 8.76. The fourth-order valence-electron chi connectivity index (χ4n) is 8.11. The Balaban J connectivity index is 0.000000292. The van der Waals surface area contributed by atoms with Gasteiger partial charge < -0.3 is 34.6 Å². The second-order valence-electron chi connectivity index (χ2n) is 21.0. The highest BCUT2D eigenvalue weighted by atomic mass is 19.4. The quantitative estimate of drug-likeness (QED) is 0.0405. The number of amides is 3. The molecule has 1 atom stereocenters. The molecule has 0 aliphatic heterocycles. The van der Waals surface area contributed by atoms with E-state index in [1.54, 1.807) is 37.3 Å². The molecule has 4 aromatic rings. The zero-order valence-corrected chi connectivity index (χ0v) is 45.6. The van der Waals surface area contributed by atoms with Crippen molar-refractivity contribution in [3.63, 3.8) is 0 Å². The van der Waals surface area contributed by atoms with Crippen LogP contribution in [0.4, 0.5) is 13.2 Å². The van der Waals surface area contributed by atoms with E-state index < -0.39 is 11.7 Å². The molecule has 1 fully saturated rings. The van der Waals surface area contributed by atoms with Crippen molar-refractivity contribution >= 4 is 17.7 Å². The van der Waals surface area contributed by atoms with E-state index in [9.17, 15) is 27.6 Å². The molecule has 73 heavy (non-hydrogen) atoms. The highest BCUT2D eigenvalue weighted by Crippen LogP contribution is 2.37. The van der Waals surface area contributed by atoms with Crippen molar-refractivity contribution in [1.29, 1.82) is 0 Å². The van der Waals surface area contributed by atoms with Crippen LogP contribution in [0, 0.1) is 12.3 Å². The highest BCUT2D eigenvalue weighted by molar-refractivity contribution is 5.95. The van der Waals surface area contributed by atoms with Crippen LogP contribution in [-0.4, -0.2) is 82.3 Å². The molecule has 0 heterocycles. The number of carbonyl (C=O) groups is 3. The highest BCUT2D eigenvalue weighted by Gasteiger charge is 2.32.